The van der Waals surface area contributed by atoms with Gasteiger partial charge in [0.1, 0.15) is 11.9 Å². The van der Waals surface area contributed by atoms with Gasteiger partial charge in [-0.25, -0.2) is 0 Å². The van der Waals surface area contributed by atoms with Gasteiger partial charge in [-0.2, -0.15) is 0 Å². The summed E-state index contributed by atoms with van der Waals surface area (Å²) >= 11 is 1.56. The molecule has 1 N–H and O–H groups in total. The first-order valence-electron chi connectivity index (χ1n) is 5.75. The van der Waals surface area contributed by atoms with Crippen molar-refractivity contribution in [1.82, 2.24) is 0 Å². The summed E-state index contributed by atoms with van der Waals surface area (Å²) in [6.45, 7) is 2.81. The van der Waals surface area contributed by atoms with Crippen LogP contribution in [0.5, 0.6) is 5.75 Å². The Kier molecular flexibility index (Phi) is 4.18. The smallest absolute Gasteiger partial charge is 0.119 e. The fraction of sp³-hybridized carbons (Fsp3) is 0.286. The van der Waals surface area contributed by atoms with E-state index in [9.17, 15) is 5.11 Å². The molecule has 2 nitrogen and oxygen atoms in total. The number of aliphatic hydroxyl groups excluding tert-OH is 1. The Morgan fingerprint density at radius 1 is 1.24 bits per heavy atom. The van der Waals surface area contributed by atoms with Crippen LogP contribution in [-0.2, 0) is 0 Å². The Morgan fingerprint density at radius 3 is 2.59 bits per heavy atom. The number of ether oxygens (including phenoxy) is 1. The van der Waals surface area contributed by atoms with Gasteiger partial charge in [-0.15, -0.1) is 11.3 Å². The maximum Gasteiger partial charge on any atom is 0.119 e. The molecule has 1 unspecified atom stereocenters. The van der Waals surface area contributed by atoms with Crippen molar-refractivity contribution in [3.05, 3.63) is 52.2 Å². The van der Waals surface area contributed by atoms with Crippen molar-refractivity contribution < 1.29 is 9.84 Å². The Bertz CT molecular complexity index is 434. The second-order valence-electron chi connectivity index (χ2n) is 3.84. The van der Waals surface area contributed by atoms with Crippen LogP contribution in [0.25, 0.3) is 0 Å². The summed E-state index contributed by atoms with van der Waals surface area (Å²) in [6, 6.07) is 11.5. The monoisotopic (exact) mass is 248 g/mol. The zero-order chi connectivity index (χ0) is 12.1. The van der Waals surface area contributed by atoms with Crippen LogP contribution in [0.3, 0.4) is 0 Å². The number of thiophene rings is 1. The Balaban J connectivity index is 2.07. The lowest BCUT2D eigenvalue weighted by Crippen LogP contribution is -1.98. The molecule has 0 fully saturated rings. The fourth-order valence-electron chi connectivity index (χ4n) is 1.58. The van der Waals surface area contributed by atoms with E-state index in [1.165, 1.54) is 0 Å². The van der Waals surface area contributed by atoms with Crippen molar-refractivity contribution >= 4 is 11.3 Å². The lowest BCUT2D eigenvalue weighted by Gasteiger charge is -2.10. The van der Waals surface area contributed by atoms with Crippen LogP contribution in [0.15, 0.2) is 41.8 Å². The van der Waals surface area contributed by atoms with E-state index < -0.39 is 6.10 Å². The van der Waals surface area contributed by atoms with Gasteiger partial charge < -0.3 is 9.84 Å². The first-order valence-corrected chi connectivity index (χ1v) is 6.63. The van der Waals surface area contributed by atoms with Gasteiger partial charge >= 0.3 is 0 Å². The molecule has 17 heavy (non-hydrogen) atoms. The summed E-state index contributed by atoms with van der Waals surface area (Å²) < 4.78 is 5.50. The molecule has 1 aromatic heterocycles. The van der Waals surface area contributed by atoms with E-state index in [-0.39, 0.29) is 0 Å². The highest BCUT2D eigenvalue weighted by Crippen LogP contribution is 2.26. The van der Waals surface area contributed by atoms with Crippen LogP contribution in [0.4, 0.5) is 0 Å². The highest BCUT2D eigenvalue weighted by atomic mass is 32.1. The summed E-state index contributed by atoms with van der Waals surface area (Å²) in [4.78, 5) is 0.965. The number of benzene rings is 1. The van der Waals surface area contributed by atoms with Crippen LogP contribution in [0.2, 0.25) is 0 Å². The van der Waals surface area contributed by atoms with Crippen molar-refractivity contribution in [1.29, 1.82) is 0 Å². The van der Waals surface area contributed by atoms with E-state index in [1.54, 1.807) is 11.3 Å². The van der Waals surface area contributed by atoms with Crippen LogP contribution in [0.1, 0.15) is 29.9 Å². The Hall–Kier alpha value is -1.32. The molecular weight excluding hydrogens is 232 g/mol. The zero-order valence-electron chi connectivity index (χ0n) is 9.80. The quantitative estimate of drug-likeness (QED) is 0.875. The molecule has 3 heteroatoms. The third-order valence-corrected chi connectivity index (χ3v) is 3.41. The van der Waals surface area contributed by atoms with E-state index >= 15 is 0 Å². The van der Waals surface area contributed by atoms with Crippen LogP contribution < -0.4 is 4.74 Å². The van der Waals surface area contributed by atoms with Gasteiger partial charge in [0, 0.05) is 4.88 Å². The first-order chi connectivity index (χ1) is 8.31. The summed E-state index contributed by atoms with van der Waals surface area (Å²) in [5.74, 6) is 0.856. The third kappa shape index (κ3) is 3.08. The number of hydrogen-bond acceptors (Lipinski definition) is 3. The molecule has 90 valence electrons. The van der Waals surface area contributed by atoms with E-state index in [2.05, 4.69) is 6.92 Å². The predicted octanol–water partition coefficient (Wildman–Crippen LogP) is 3.62. The molecule has 1 heterocycles. The minimum absolute atomic E-state index is 0.532. The normalized spacial score (nSPS) is 12.4. The van der Waals surface area contributed by atoms with Crippen molar-refractivity contribution in [3.8, 4) is 5.75 Å². The summed E-state index contributed by atoms with van der Waals surface area (Å²) in [7, 11) is 0. The molecule has 2 aromatic rings. The van der Waals surface area contributed by atoms with Crippen molar-refractivity contribution in [2.75, 3.05) is 6.61 Å². The van der Waals surface area contributed by atoms with E-state index in [0.29, 0.717) is 0 Å². The standard InChI is InChI=1S/C14H16O2S/c1-2-9-16-12-7-5-11(6-8-12)14(15)13-4-3-10-17-13/h3-8,10,14-15H,2,9H2,1H3. The number of rotatable bonds is 5. The molecule has 1 aromatic carbocycles. The van der Waals surface area contributed by atoms with E-state index in [4.69, 9.17) is 4.74 Å². The van der Waals surface area contributed by atoms with Gasteiger partial charge in [0.2, 0.25) is 0 Å². The van der Waals surface area contributed by atoms with E-state index in [0.717, 1.165) is 29.2 Å². The minimum atomic E-state index is -0.532. The lowest BCUT2D eigenvalue weighted by molar-refractivity contribution is 0.224. The maximum atomic E-state index is 10.1. The molecule has 0 amide bonds. The molecule has 1 atom stereocenters. The average Bonchev–Trinajstić information content (AvgIpc) is 2.90. The molecule has 0 aliphatic carbocycles. The Morgan fingerprint density at radius 2 is 2.00 bits per heavy atom. The molecule has 0 saturated carbocycles. The molecule has 0 aliphatic heterocycles. The van der Waals surface area contributed by atoms with Crippen molar-refractivity contribution in [3.63, 3.8) is 0 Å². The maximum absolute atomic E-state index is 10.1. The fourth-order valence-corrected chi connectivity index (χ4v) is 2.31. The average molecular weight is 248 g/mol. The molecule has 2 rings (SSSR count). The van der Waals surface area contributed by atoms with Gasteiger partial charge in [-0.1, -0.05) is 25.1 Å². The second-order valence-corrected chi connectivity index (χ2v) is 4.81. The van der Waals surface area contributed by atoms with Gasteiger partial charge in [0.05, 0.1) is 6.61 Å². The van der Waals surface area contributed by atoms with Gasteiger partial charge in [0.15, 0.2) is 0 Å². The topological polar surface area (TPSA) is 29.5 Å². The number of aliphatic hydroxyl groups is 1. The highest BCUT2D eigenvalue weighted by molar-refractivity contribution is 7.10. The molecule has 0 spiro atoms. The number of hydrogen-bond donors (Lipinski definition) is 1. The van der Waals surface area contributed by atoms with Crippen molar-refractivity contribution in [2.24, 2.45) is 0 Å². The van der Waals surface area contributed by atoms with Crippen LogP contribution >= 0.6 is 11.3 Å². The lowest BCUT2D eigenvalue weighted by atomic mass is 10.1. The Labute approximate surface area is 105 Å². The molecule has 0 saturated heterocycles. The van der Waals surface area contributed by atoms with Crippen LogP contribution in [0, 0.1) is 0 Å². The predicted molar refractivity (Wildman–Crippen MR) is 70.6 cm³/mol. The SMILES string of the molecule is CCCOc1ccc(C(O)c2cccs2)cc1. The van der Waals surface area contributed by atoms with Gasteiger partial charge in [-0.3, -0.25) is 0 Å². The van der Waals surface area contributed by atoms with Crippen molar-refractivity contribution in [2.45, 2.75) is 19.4 Å². The summed E-state index contributed by atoms with van der Waals surface area (Å²) in [5.41, 5.74) is 0.899. The largest absolute Gasteiger partial charge is 0.494 e. The molecule has 0 aliphatic rings. The summed E-state index contributed by atoms with van der Waals surface area (Å²) in [5, 5.41) is 12.1. The third-order valence-electron chi connectivity index (χ3n) is 2.48. The summed E-state index contributed by atoms with van der Waals surface area (Å²) in [6.07, 6.45) is 0.467. The molecule has 0 radical (unpaired) electrons. The van der Waals surface area contributed by atoms with Gasteiger partial charge in [-0.05, 0) is 35.6 Å². The molecular formula is C14H16O2S. The van der Waals surface area contributed by atoms with E-state index in [1.807, 2.05) is 41.8 Å². The second kappa shape index (κ2) is 5.84. The zero-order valence-corrected chi connectivity index (χ0v) is 10.6. The van der Waals surface area contributed by atoms with Crippen LogP contribution in [-0.4, -0.2) is 11.7 Å². The molecule has 0 bridgehead atoms. The minimum Gasteiger partial charge on any atom is -0.494 e. The van der Waals surface area contributed by atoms with Gasteiger partial charge in [0.25, 0.3) is 0 Å². The highest BCUT2D eigenvalue weighted by Gasteiger charge is 2.10. The first kappa shape index (κ1) is 12.1.